The number of nitrogens with zero attached hydrogens (tertiary/aromatic N) is 2. The van der Waals surface area contributed by atoms with E-state index >= 15 is 0 Å². The molecule has 0 aliphatic rings. The Morgan fingerprint density at radius 2 is 2.33 bits per heavy atom. The van der Waals surface area contributed by atoms with Crippen LogP contribution in [0.4, 0.5) is 5.95 Å². The number of nitrogens with one attached hydrogen (secondary N) is 1. The molecule has 0 aliphatic carbocycles. The van der Waals surface area contributed by atoms with Crippen molar-refractivity contribution < 1.29 is 4.74 Å². The highest BCUT2D eigenvalue weighted by atomic mass is 32.2. The summed E-state index contributed by atoms with van der Waals surface area (Å²) in [6, 6.07) is 2.09. The Hall–Kier alpha value is -0.850. The number of thioether (sulfide) groups is 1. The summed E-state index contributed by atoms with van der Waals surface area (Å²) in [4.78, 5) is 10.1. The summed E-state index contributed by atoms with van der Waals surface area (Å²) in [7, 11) is 1.73. The fraction of sp³-hybridized carbons (Fsp3) is 0.500. The number of thiophene rings is 1. The van der Waals surface area contributed by atoms with Crippen LogP contribution in [0.5, 0.6) is 0 Å². The van der Waals surface area contributed by atoms with Crippen molar-refractivity contribution in [2.45, 2.75) is 18.4 Å². The van der Waals surface area contributed by atoms with Gasteiger partial charge in [0.25, 0.3) is 0 Å². The van der Waals surface area contributed by atoms with Crippen molar-refractivity contribution >= 4 is 39.3 Å². The van der Waals surface area contributed by atoms with E-state index in [4.69, 9.17) is 4.74 Å². The second kappa shape index (κ2) is 6.92. The first-order valence-corrected chi connectivity index (χ1v) is 7.82. The number of ether oxygens (including phenoxy) is 1. The molecule has 0 fully saturated rings. The molecule has 18 heavy (non-hydrogen) atoms. The maximum absolute atomic E-state index is 5.06. The summed E-state index contributed by atoms with van der Waals surface area (Å²) in [5.41, 5.74) is 0. The molecule has 2 aromatic rings. The summed E-state index contributed by atoms with van der Waals surface area (Å²) in [6.07, 6.45) is 1.04. The normalized spacial score (nSPS) is 11.0. The average molecular weight is 283 g/mol. The molecule has 98 valence electrons. The summed E-state index contributed by atoms with van der Waals surface area (Å²) in [5, 5.41) is 7.46. The molecule has 1 N–H and O–H groups in total. The van der Waals surface area contributed by atoms with Crippen LogP contribution in [0, 0.1) is 0 Å². The van der Waals surface area contributed by atoms with Gasteiger partial charge in [0, 0.05) is 31.4 Å². The van der Waals surface area contributed by atoms with Gasteiger partial charge in [-0.15, -0.1) is 23.1 Å². The van der Waals surface area contributed by atoms with E-state index in [0.717, 1.165) is 46.5 Å². The van der Waals surface area contributed by atoms with E-state index in [1.807, 2.05) is 6.92 Å². The molecule has 0 spiro atoms. The van der Waals surface area contributed by atoms with Crippen molar-refractivity contribution in [3.63, 3.8) is 0 Å². The molecule has 0 bridgehead atoms. The van der Waals surface area contributed by atoms with Crippen LogP contribution in [0.15, 0.2) is 16.5 Å². The number of hydrogen-bond donors (Lipinski definition) is 1. The molecule has 0 radical (unpaired) electrons. The first-order chi connectivity index (χ1) is 8.85. The fourth-order valence-corrected chi connectivity index (χ4v) is 3.30. The maximum atomic E-state index is 5.06. The van der Waals surface area contributed by atoms with Crippen LogP contribution >= 0.6 is 23.1 Å². The van der Waals surface area contributed by atoms with Gasteiger partial charge in [-0.2, -0.15) is 0 Å². The fourth-order valence-electron chi connectivity index (χ4n) is 1.55. The molecule has 0 unspecified atom stereocenters. The van der Waals surface area contributed by atoms with Gasteiger partial charge in [-0.1, -0.05) is 0 Å². The molecule has 2 rings (SSSR count). The van der Waals surface area contributed by atoms with Crippen LogP contribution in [0.3, 0.4) is 0 Å². The standard InChI is InChI=1S/C12H17N3OS2/c1-3-13-12-14-10(17-7-4-6-16-2)9-5-8-18-11(9)15-12/h5,8H,3-4,6-7H2,1-2H3,(H,13,14,15). The molecule has 0 saturated carbocycles. The molecular formula is C12H17N3OS2. The highest BCUT2D eigenvalue weighted by molar-refractivity contribution is 7.99. The van der Waals surface area contributed by atoms with E-state index in [1.54, 1.807) is 30.2 Å². The maximum Gasteiger partial charge on any atom is 0.225 e. The van der Waals surface area contributed by atoms with Crippen LogP contribution in [-0.2, 0) is 4.74 Å². The molecule has 2 aromatic heterocycles. The largest absolute Gasteiger partial charge is 0.385 e. The van der Waals surface area contributed by atoms with E-state index in [-0.39, 0.29) is 0 Å². The van der Waals surface area contributed by atoms with Crippen molar-refractivity contribution in [3.05, 3.63) is 11.4 Å². The average Bonchev–Trinajstić information content (AvgIpc) is 2.83. The van der Waals surface area contributed by atoms with Gasteiger partial charge in [0.2, 0.25) is 5.95 Å². The summed E-state index contributed by atoms with van der Waals surface area (Å²) in [6.45, 7) is 3.68. The van der Waals surface area contributed by atoms with Crippen LogP contribution < -0.4 is 5.32 Å². The Labute approximate surface area is 115 Å². The van der Waals surface area contributed by atoms with Crippen molar-refractivity contribution in [3.8, 4) is 0 Å². The number of fused-ring (bicyclic) bond motifs is 1. The Balaban J connectivity index is 2.15. The smallest absolute Gasteiger partial charge is 0.225 e. The van der Waals surface area contributed by atoms with Gasteiger partial charge in [-0.25, -0.2) is 9.97 Å². The highest BCUT2D eigenvalue weighted by Gasteiger charge is 2.08. The van der Waals surface area contributed by atoms with E-state index in [0.29, 0.717) is 0 Å². The minimum atomic E-state index is 0.724. The summed E-state index contributed by atoms with van der Waals surface area (Å²) in [5.74, 6) is 1.74. The molecule has 0 aromatic carbocycles. The Kier molecular flexibility index (Phi) is 5.22. The van der Waals surface area contributed by atoms with Gasteiger partial charge in [-0.3, -0.25) is 0 Å². The third kappa shape index (κ3) is 3.34. The number of methoxy groups -OCH3 is 1. The Morgan fingerprint density at radius 3 is 3.11 bits per heavy atom. The van der Waals surface area contributed by atoms with Crippen molar-refractivity contribution in [2.75, 3.05) is 31.3 Å². The third-order valence-electron chi connectivity index (χ3n) is 2.36. The highest BCUT2D eigenvalue weighted by Crippen LogP contribution is 2.30. The van der Waals surface area contributed by atoms with Gasteiger partial charge >= 0.3 is 0 Å². The van der Waals surface area contributed by atoms with Gasteiger partial charge in [-0.05, 0) is 24.8 Å². The second-order valence-electron chi connectivity index (χ2n) is 3.72. The minimum absolute atomic E-state index is 0.724. The van der Waals surface area contributed by atoms with Crippen LogP contribution in [0.2, 0.25) is 0 Å². The van der Waals surface area contributed by atoms with E-state index in [9.17, 15) is 0 Å². The molecular weight excluding hydrogens is 266 g/mol. The SMILES string of the molecule is CCNc1nc(SCCCOC)c2ccsc2n1. The van der Waals surface area contributed by atoms with E-state index in [2.05, 4.69) is 26.7 Å². The predicted octanol–water partition coefficient (Wildman–Crippen LogP) is 3.25. The zero-order valence-electron chi connectivity index (χ0n) is 10.6. The van der Waals surface area contributed by atoms with E-state index < -0.39 is 0 Å². The van der Waals surface area contributed by atoms with Gasteiger partial charge in [0.1, 0.15) is 9.86 Å². The molecule has 0 amide bonds. The van der Waals surface area contributed by atoms with Crippen molar-refractivity contribution in [2.24, 2.45) is 0 Å². The molecule has 0 saturated heterocycles. The van der Waals surface area contributed by atoms with Crippen molar-refractivity contribution in [1.82, 2.24) is 9.97 Å². The third-order valence-corrected chi connectivity index (χ3v) is 4.24. The Bertz CT molecular complexity index is 501. The zero-order chi connectivity index (χ0) is 12.8. The Morgan fingerprint density at radius 1 is 1.44 bits per heavy atom. The van der Waals surface area contributed by atoms with E-state index in [1.165, 1.54) is 0 Å². The first kappa shape index (κ1) is 13.6. The molecule has 6 heteroatoms. The molecule has 4 nitrogen and oxygen atoms in total. The number of hydrogen-bond acceptors (Lipinski definition) is 6. The van der Waals surface area contributed by atoms with Gasteiger partial charge in [0.15, 0.2) is 0 Å². The van der Waals surface area contributed by atoms with Crippen LogP contribution in [-0.4, -0.2) is 36.0 Å². The number of anilines is 1. The van der Waals surface area contributed by atoms with Crippen molar-refractivity contribution in [1.29, 1.82) is 0 Å². The second-order valence-corrected chi connectivity index (χ2v) is 5.70. The lowest BCUT2D eigenvalue weighted by atomic mass is 10.4. The lowest BCUT2D eigenvalue weighted by molar-refractivity contribution is 0.200. The monoisotopic (exact) mass is 283 g/mol. The lowest BCUT2D eigenvalue weighted by Crippen LogP contribution is -2.02. The number of rotatable bonds is 7. The topological polar surface area (TPSA) is 47.0 Å². The molecule has 0 atom stereocenters. The minimum Gasteiger partial charge on any atom is -0.385 e. The number of aromatic nitrogens is 2. The first-order valence-electron chi connectivity index (χ1n) is 5.96. The predicted molar refractivity (Wildman–Crippen MR) is 78.8 cm³/mol. The summed E-state index contributed by atoms with van der Waals surface area (Å²) < 4.78 is 5.06. The van der Waals surface area contributed by atoms with Crippen LogP contribution in [0.25, 0.3) is 10.2 Å². The molecule has 0 aliphatic heterocycles. The van der Waals surface area contributed by atoms with Gasteiger partial charge < -0.3 is 10.1 Å². The quantitative estimate of drug-likeness (QED) is 0.480. The van der Waals surface area contributed by atoms with Crippen LogP contribution in [0.1, 0.15) is 13.3 Å². The lowest BCUT2D eigenvalue weighted by Gasteiger charge is -2.06. The van der Waals surface area contributed by atoms with Gasteiger partial charge in [0.05, 0.1) is 0 Å². The molecule has 2 heterocycles. The zero-order valence-corrected chi connectivity index (χ0v) is 12.2. The summed E-state index contributed by atoms with van der Waals surface area (Å²) >= 11 is 3.43.